The first-order chi connectivity index (χ1) is 7.65. The van der Waals surface area contributed by atoms with Crippen LogP contribution in [0.2, 0.25) is 0 Å². The smallest absolute Gasteiger partial charge is 0.358 e. The summed E-state index contributed by atoms with van der Waals surface area (Å²) in [4.78, 5) is 10.0. The van der Waals surface area contributed by atoms with Gasteiger partial charge < -0.3 is 10.1 Å². The number of alkyl halides is 1. The van der Waals surface area contributed by atoms with Gasteiger partial charge in [0.15, 0.2) is 0 Å². The minimum absolute atomic E-state index is 0.124. The molecular formula is C9H13BrClN3O2. The molecular weight excluding hydrogens is 297 g/mol. The van der Waals surface area contributed by atoms with Crippen LogP contribution in [-0.2, 0) is 6.54 Å². The molecule has 7 heteroatoms. The lowest BCUT2D eigenvalue weighted by Crippen LogP contribution is -1.99. The number of nitrogens with zero attached hydrogens (tertiary/aromatic N) is 3. The molecule has 0 unspecified atom stereocenters. The van der Waals surface area contributed by atoms with Crippen LogP contribution in [0.1, 0.15) is 25.7 Å². The van der Waals surface area contributed by atoms with Crippen molar-refractivity contribution in [2.45, 2.75) is 32.2 Å². The van der Waals surface area contributed by atoms with E-state index in [2.05, 4.69) is 21.0 Å². The van der Waals surface area contributed by atoms with Crippen LogP contribution in [0.15, 0.2) is 10.7 Å². The van der Waals surface area contributed by atoms with E-state index in [1.54, 1.807) is 10.9 Å². The van der Waals surface area contributed by atoms with Crippen molar-refractivity contribution in [2.24, 2.45) is 0 Å². The van der Waals surface area contributed by atoms with Gasteiger partial charge in [0, 0.05) is 5.88 Å². The number of aromatic nitrogens is 2. The number of aryl methyl sites for hydroxylation is 1. The summed E-state index contributed by atoms with van der Waals surface area (Å²) in [5, 5.41) is 14.4. The molecule has 0 radical (unpaired) electrons. The maximum Gasteiger partial charge on any atom is 0.404 e. The summed E-state index contributed by atoms with van der Waals surface area (Å²) in [6, 6.07) is 0. The van der Waals surface area contributed by atoms with Gasteiger partial charge in [-0.3, -0.25) is 0 Å². The van der Waals surface area contributed by atoms with Crippen LogP contribution in [-0.4, -0.2) is 20.6 Å². The fourth-order valence-electron chi connectivity index (χ4n) is 1.35. The monoisotopic (exact) mass is 309 g/mol. The van der Waals surface area contributed by atoms with E-state index in [0.29, 0.717) is 16.9 Å². The van der Waals surface area contributed by atoms with Crippen molar-refractivity contribution in [3.8, 4) is 0 Å². The SMILES string of the molecule is O=[N+]([O-])c1nn(CCCCCCCl)cc1Br. The van der Waals surface area contributed by atoms with Crippen molar-refractivity contribution >= 4 is 33.3 Å². The summed E-state index contributed by atoms with van der Waals surface area (Å²) in [5.74, 6) is 0.569. The van der Waals surface area contributed by atoms with Crippen LogP contribution in [0, 0.1) is 10.1 Å². The molecule has 0 aliphatic carbocycles. The number of halogens is 2. The number of nitro groups is 1. The molecule has 90 valence electrons. The Hall–Kier alpha value is -0.620. The standard InChI is InChI=1S/C9H13BrClN3O2/c10-8-7-13(12-9(8)14(15)16)6-4-2-1-3-5-11/h7H,1-6H2. The Morgan fingerprint density at radius 1 is 1.44 bits per heavy atom. The third kappa shape index (κ3) is 4.09. The second-order valence-corrected chi connectivity index (χ2v) is 4.66. The highest BCUT2D eigenvalue weighted by molar-refractivity contribution is 9.10. The number of rotatable bonds is 7. The van der Waals surface area contributed by atoms with Crippen molar-refractivity contribution in [3.63, 3.8) is 0 Å². The van der Waals surface area contributed by atoms with Gasteiger partial charge in [-0.1, -0.05) is 12.8 Å². The van der Waals surface area contributed by atoms with Gasteiger partial charge in [-0.05, 0) is 33.7 Å². The van der Waals surface area contributed by atoms with E-state index in [1.807, 2.05) is 0 Å². The van der Waals surface area contributed by atoms with E-state index >= 15 is 0 Å². The number of hydrogen-bond acceptors (Lipinski definition) is 3. The third-order valence-electron chi connectivity index (χ3n) is 2.14. The molecule has 1 aromatic rings. The maximum absolute atomic E-state index is 10.5. The lowest BCUT2D eigenvalue weighted by atomic mass is 10.2. The Morgan fingerprint density at radius 3 is 2.69 bits per heavy atom. The van der Waals surface area contributed by atoms with Crippen molar-refractivity contribution in [2.75, 3.05) is 5.88 Å². The molecule has 16 heavy (non-hydrogen) atoms. The molecule has 0 fully saturated rings. The van der Waals surface area contributed by atoms with E-state index in [4.69, 9.17) is 11.6 Å². The van der Waals surface area contributed by atoms with Crippen LogP contribution < -0.4 is 0 Å². The van der Waals surface area contributed by atoms with Crippen LogP contribution in [0.3, 0.4) is 0 Å². The molecule has 0 spiro atoms. The van der Waals surface area contributed by atoms with Crippen molar-refractivity contribution in [1.82, 2.24) is 9.78 Å². The molecule has 0 bridgehead atoms. The summed E-state index contributed by atoms with van der Waals surface area (Å²) in [6.07, 6.45) is 5.78. The predicted octanol–water partition coefficient (Wildman–Crippen LogP) is 3.35. The topological polar surface area (TPSA) is 61.0 Å². The lowest BCUT2D eigenvalue weighted by molar-refractivity contribution is -0.390. The normalized spacial score (nSPS) is 10.6. The Morgan fingerprint density at radius 2 is 2.12 bits per heavy atom. The average Bonchev–Trinajstić information content (AvgIpc) is 2.59. The largest absolute Gasteiger partial charge is 0.404 e. The molecule has 0 saturated carbocycles. The van der Waals surface area contributed by atoms with Crippen LogP contribution in [0.4, 0.5) is 5.82 Å². The highest BCUT2D eigenvalue weighted by atomic mass is 79.9. The first-order valence-electron chi connectivity index (χ1n) is 5.08. The van der Waals surface area contributed by atoms with E-state index in [-0.39, 0.29) is 5.82 Å². The Bertz CT molecular complexity index is 357. The maximum atomic E-state index is 10.5. The first kappa shape index (κ1) is 13.4. The minimum atomic E-state index is -0.492. The first-order valence-corrected chi connectivity index (χ1v) is 6.41. The molecule has 0 amide bonds. The van der Waals surface area contributed by atoms with Gasteiger partial charge in [0.2, 0.25) is 0 Å². The van der Waals surface area contributed by atoms with E-state index < -0.39 is 4.92 Å². The van der Waals surface area contributed by atoms with E-state index in [9.17, 15) is 10.1 Å². The zero-order valence-electron chi connectivity index (χ0n) is 8.73. The van der Waals surface area contributed by atoms with Gasteiger partial charge in [0.05, 0.1) is 17.8 Å². The van der Waals surface area contributed by atoms with Crippen molar-refractivity contribution in [1.29, 1.82) is 0 Å². The average molecular weight is 311 g/mol. The molecule has 0 aliphatic rings. The van der Waals surface area contributed by atoms with Gasteiger partial charge >= 0.3 is 5.82 Å². The molecule has 1 heterocycles. The predicted molar refractivity (Wildman–Crippen MR) is 65.8 cm³/mol. The molecule has 0 saturated heterocycles. The zero-order chi connectivity index (χ0) is 12.0. The Kier molecular flexibility index (Phi) is 5.76. The molecule has 0 aliphatic heterocycles. The molecule has 0 N–H and O–H groups in total. The molecule has 1 rings (SSSR count). The van der Waals surface area contributed by atoms with Crippen LogP contribution >= 0.6 is 27.5 Å². The molecule has 0 atom stereocenters. The van der Waals surface area contributed by atoms with Crippen molar-refractivity contribution in [3.05, 3.63) is 20.8 Å². The van der Waals surface area contributed by atoms with Crippen LogP contribution in [0.5, 0.6) is 0 Å². The highest BCUT2D eigenvalue weighted by Crippen LogP contribution is 2.22. The van der Waals surface area contributed by atoms with Gasteiger partial charge in [-0.25, -0.2) is 0 Å². The fraction of sp³-hybridized carbons (Fsp3) is 0.667. The summed E-state index contributed by atoms with van der Waals surface area (Å²) in [5.41, 5.74) is 0. The summed E-state index contributed by atoms with van der Waals surface area (Å²) >= 11 is 8.67. The van der Waals surface area contributed by atoms with Gasteiger partial charge in [0.1, 0.15) is 4.47 Å². The Labute approximate surface area is 107 Å². The fourth-order valence-corrected chi connectivity index (χ4v) is 2.00. The van der Waals surface area contributed by atoms with Gasteiger partial charge in [-0.15, -0.1) is 11.6 Å². The number of hydrogen-bond donors (Lipinski definition) is 0. The van der Waals surface area contributed by atoms with Crippen LogP contribution in [0.25, 0.3) is 0 Å². The Balaban J connectivity index is 2.37. The van der Waals surface area contributed by atoms with Crippen molar-refractivity contribution < 1.29 is 4.92 Å². The van der Waals surface area contributed by atoms with Gasteiger partial charge in [-0.2, -0.15) is 4.68 Å². The van der Waals surface area contributed by atoms with Gasteiger partial charge in [0.25, 0.3) is 0 Å². The summed E-state index contributed by atoms with van der Waals surface area (Å²) in [6.45, 7) is 0.703. The minimum Gasteiger partial charge on any atom is -0.358 e. The quantitative estimate of drug-likeness (QED) is 0.336. The lowest BCUT2D eigenvalue weighted by Gasteiger charge is -1.97. The second-order valence-electron chi connectivity index (χ2n) is 3.42. The van der Waals surface area contributed by atoms with E-state index in [0.717, 1.165) is 25.7 Å². The summed E-state index contributed by atoms with van der Waals surface area (Å²) < 4.78 is 2.03. The number of unbranched alkanes of at least 4 members (excludes halogenated alkanes) is 3. The van der Waals surface area contributed by atoms with E-state index in [1.165, 1.54) is 0 Å². The summed E-state index contributed by atoms with van der Waals surface area (Å²) in [7, 11) is 0. The molecule has 5 nitrogen and oxygen atoms in total. The second kappa shape index (κ2) is 6.85. The molecule has 1 aromatic heterocycles. The zero-order valence-corrected chi connectivity index (χ0v) is 11.1. The highest BCUT2D eigenvalue weighted by Gasteiger charge is 2.17. The molecule has 0 aromatic carbocycles. The third-order valence-corrected chi connectivity index (χ3v) is 2.97.